The Morgan fingerprint density at radius 2 is 1.57 bits per heavy atom. The first-order chi connectivity index (χ1) is 13.5. The molecule has 0 spiro atoms. The smallest absolute Gasteiger partial charge is 0.307 e. The summed E-state index contributed by atoms with van der Waals surface area (Å²) in [6.45, 7) is 2.74. The van der Waals surface area contributed by atoms with Crippen LogP contribution in [0, 0.1) is 6.92 Å². The molecule has 6 nitrogen and oxygen atoms in total. The number of methoxy groups -OCH3 is 3. The zero-order valence-corrected chi connectivity index (χ0v) is 16.9. The van der Waals surface area contributed by atoms with Gasteiger partial charge < -0.3 is 19.1 Å². The van der Waals surface area contributed by atoms with Gasteiger partial charge in [0.15, 0.2) is 11.5 Å². The Kier molecular flexibility index (Phi) is 7.87. The summed E-state index contributed by atoms with van der Waals surface area (Å²) in [7, 11) is 4.52. The highest BCUT2D eigenvalue weighted by Gasteiger charge is 2.17. The summed E-state index contributed by atoms with van der Waals surface area (Å²) in [4.78, 5) is 26.2. The Labute approximate surface area is 166 Å². The molecule has 0 aliphatic carbocycles. The fourth-order valence-corrected chi connectivity index (χ4v) is 2.82. The Morgan fingerprint density at radius 3 is 2.18 bits per heavy atom. The molecule has 0 unspecified atom stereocenters. The molecule has 28 heavy (non-hydrogen) atoms. The SMILES string of the molecule is COC(=O)CCN(CCc1ccc(OC)c(OC)c1)C(=O)c1ccc(C)cc1. The fraction of sp³-hybridized carbons (Fsp3) is 0.364. The highest BCUT2D eigenvalue weighted by atomic mass is 16.5. The summed E-state index contributed by atoms with van der Waals surface area (Å²) in [5.41, 5.74) is 2.70. The number of carbonyl (C=O) groups is 2. The van der Waals surface area contributed by atoms with E-state index < -0.39 is 0 Å². The van der Waals surface area contributed by atoms with E-state index in [1.54, 1.807) is 31.3 Å². The molecule has 0 fully saturated rings. The molecule has 0 aliphatic heterocycles. The van der Waals surface area contributed by atoms with Gasteiger partial charge >= 0.3 is 5.97 Å². The maximum Gasteiger partial charge on any atom is 0.307 e. The predicted octanol–water partition coefficient (Wildman–Crippen LogP) is 3.26. The van der Waals surface area contributed by atoms with Crippen molar-refractivity contribution in [2.24, 2.45) is 0 Å². The van der Waals surface area contributed by atoms with E-state index in [-0.39, 0.29) is 18.3 Å². The number of carbonyl (C=O) groups excluding carboxylic acids is 2. The second kappa shape index (κ2) is 10.3. The van der Waals surface area contributed by atoms with Crippen LogP contribution in [-0.2, 0) is 16.0 Å². The van der Waals surface area contributed by atoms with Gasteiger partial charge in [-0.15, -0.1) is 0 Å². The van der Waals surface area contributed by atoms with Crippen LogP contribution in [0.15, 0.2) is 42.5 Å². The topological polar surface area (TPSA) is 65.1 Å². The standard InChI is InChI=1S/C22H27NO5/c1-16-5-8-18(9-6-16)22(25)23(14-12-21(24)28-4)13-11-17-7-10-19(26-2)20(15-17)27-3/h5-10,15H,11-14H2,1-4H3. The zero-order chi connectivity index (χ0) is 20.5. The van der Waals surface area contributed by atoms with E-state index in [1.807, 2.05) is 37.3 Å². The van der Waals surface area contributed by atoms with Crippen molar-refractivity contribution < 1.29 is 23.8 Å². The number of amides is 1. The molecular formula is C22H27NO5. The van der Waals surface area contributed by atoms with Gasteiger partial charge in [0.25, 0.3) is 5.91 Å². The number of nitrogens with zero attached hydrogens (tertiary/aromatic N) is 1. The van der Waals surface area contributed by atoms with Gasteiger partial charge in [-0.1, -0.05) is 23.8 Å². The molecule has 1 amide bonds. The third kappa shape index (κ3) is 5.74. The molecular weight excluding hydrogens is 358 g/mol. The molecule has 2 rings (SSSR count). The minimum Gasteiger partial charge on any atom is -0.493 e. The van der Waals surface area contributed by atoms with E-state index in [0.717, 1.165) is 11.1 Å². The minimum atomic E-state index is -0.340. The monoisotopic (exact) mass is 385 g/mol. The van der Waals surface area contributed by atoms with Crippen molar-refractivity contribution in [1.29, 1.82) is 0 Å². The molecule has 0 saturated carbocycles. The normalized spacial score (nSPS) is 10.3. The van der Waals surface area contributed by atoms with Crippen molar-refractivity contribution in [3.63, 3.8) is 0 Å². The molecule has 0 bridgehead atoms. The summed E-state index contributed by atoms with van der Waals surface area (Å²) in [5.74, 6) is 0.854. The Hall–Kier alpha value is -3.02. The van der Waals surface area contributed by atoms with Crippen LogP contribution >= 0.6 is 0 Å². The molecule has 2 aromatic rings. The van der Waals surface area contributed by atoms with Gasteiger partial charge in [-0.3, -0.25) is 9.59 Å². The van der Waals surface area contributed by atoms with E-state index in [0.29, 0.717) is 36.6 Å². The van der Waals surface area contributed by atoms with E-state index in [2.05, 4.69) is 0 Å². The lowest BCUT2D eigenvalue weighted by Gasteiger charge is -2.23. The Morgan fingerprint density at radius 1 is 0.893 bits per heavy atom. The fourth-order valence-electron chi connectivity index (χ4n) is 2.82. The van der Waals surface area contributed by atoms with Crippen LogP contribution in [0.4, 0.5) is 0 Å². The van der Waals surface area contributed by atoms with E-state index in [1.165, 1.54) is 7.11 Å². The van der Waals surface area contributed by atoms with Crippen molar-refractivity contribution in [2.45, 2.75) is 19.8 Å². The number of aryl methyl sites for hydroxylation is 1. The van der Waals surface area contributed by atoms with Crippen molar-refractivity contribution in [3.8, 4) is 11.5 Å². The van der Waals surface area contributed by atoms with Crippen LogP contribution in [0.3, 0.4) is 0 Å². The lowest BCUT2D eigenvalue weighted by molar-refractivity contribution is -0.140. The maximum atomic E-state index is 12.9. The molecule has 0 radical (unpaired) electrons. The summed E-state index contributed by atoms with van der Waals surface area (Å²) < 4.78 is 15.3. The lowest BCUT2D eigenvalue weighted by Crippen LogP contribution is -2.35. The summed E-state index contributed by atoms with van der Waals surface area (Å²) >= 11 is 0. The lowest BCUT2D eigenvalue weighted by atomic mass is 10.1. The molecule has 6 heteroatoms. The van der Waals surface area contributed by atoms with E-state index >= 15 is 0 Å². The number of ether oxygens (including phenoxy) is 3. The molecule has 0 aliphatic rings. The number of esters is 1. The maximum absolute atomic E-state index is 12.9. The van der Waals surface area contributed by atoms with E-state index in [9.17, 15) is 9.59 Å². The quantitative estimate of drug-likeness (QED) is 0.620. The van der Waals surface area contributed by atoms with Crippen LogP contribution in [-0.4, -0.2) is 51.2 Å². The van der Waals surface area contributed by atoms with Crippen LogP contribution < -0.4 is 9.47 Å². The number of rotatable bonds is 9. The molecule has 0 atom stereocenters. The van der Waals surface area contributed by atoms with Gasteiger partial charge in [0.1, 0.15) is 0 Å². The second-order valence-corrected chi connectivity index (χ2v) is 6.42. The van der Waals surface area contributed by atoms with Crippen molar-refractivity contribution >= 4 is 11.9 Å². The Bertz CT molecular complexity index is 801. The van der Waals surface area contributed by atoms with Crippen molar-refractivity contribution in [1.82, 2.24) is 4.90 Å². The van der Waals surface area contributed by atoms with Gasteiger partial charge in [-0.25, -0.2) is 0 Å². The summed E-state index contributed by atoms with van der Waals surface area (Å²) in [5, 5.41) is 0. The molecule has 0 heterocycles. The predicted molar refractivity (Wildman–Crippen MR) is 107 cm³/mol. The van der Waals surface area contributed by atoms with Gasteiger partial charge in [0.05, 0.1) is 27.8 Å². The van der Waals surface area contributed by atoms with Gasteiger partial charge in [-0.05, 0) is 43.2 Å². The van der Waals surface area contributed by atoms with Crippen LogP contribution in [0.25, 0.3) is 0 Å². The largest absolute Gasteiger partial charge is 0.493 e. The average molecular weight is 385 g/mol. The first kappa shape index (κ1) is 21.3. The highest BCUT2D eigenvalue weighted by molar-refractivity contribution is 5.94. The molecule has 2 aromatic carbocycles. The first-order valence-corrected chi connectivity index (χ1v) is 9.12. The third-order valence-electron chi connectivity index (χ3n) is 4.52. The summed E-state index contributed by atoms with van der Waals surface area (Å²) in [6, 6.07) is 13.1. The third-order valence-corrected chi connectivity index (χ3v) is 4.52. The van der Waals surface area contributed by atoms with Crippen molar-refractivity contribution in [3.05, 3.63) is 59.2 Å². The minimum absolute atomic E-state index is 0.107. The number of benzene rings is 2. The van der Waals surface area contributed by atoms with Gasteiger partial charge in [0.2, 0.25) is 0 Å². The first-order valence-electron chi connectivity index (χ1n) is 9.12. The number of hydrogen-bond donors (Lipinski definition) is 0. The number of hydrogen-bond acceptors (Lipinski definition) is 5. The molecule has 0 saturated heterocycles. The van der Waals surface area contributed by atoms with Crippen molar-refractivity contribution in [2.75, 3.05) is 34.4 Å². The van der Waals surface area contributed by atoms with Gasteiger partial charge in [-0.2, -0.15) is 0 Å². The van der Waals surface area contributed by atoms with Crippen LogP contribution in [0.1, 0.15) is 27.9 Å². The molecule has 150 valence electrons. The zero-order valence-electron chi connectivity index (χ0n) is 16.9. The molecule has 0 aromatic heterocycles. The highest BCUT2D eigenvalue weighted by Crippen LogP contribution is 2.27. The average Bonchev–Trinajstić information content (AvgIpc) is 2.73. The summed E-state index contributed by atoms with van der Waals surface area (Å²) in [6.07, 6.45) is 0.777. The van der Waals surface area contributed by atoms with Gasteiger partial charge in [0, 0.05) is 18.7 Å². The van der Waals surface area contributed by atoms with Crippen LogP contribution in [0.5, 0.6) is 11.5 Å². The Balaban J connectivity index is 2.13. The second-order valence-electron chi connectivity index (χ2n) is 6.42. The van der Waals surface area contributed by atoms with E-state index in [4.69, 9.17) is 14.2 Å². The molecule has 0 N–H and O–H groups in total. The van der Waals surface area contributed by atoms with Crippen LogP contribution in [0.2, 0.25) is 0 Å².